The first-order valence-corrected chi connectivity index (χ1v) is 6.92. The monoisotopic (exact) mass is 320 g/mol. The Bertz CT molecular complexity index is 647. The molecule has 23 heavy (non-hydrogen) atoms. The summed E-state index contributed by atoms with van der Waals surface area (Å²) in [4.78, 5) is 47.5. The highest BCUT2D eigenvalue weighted by atomic mass is 16.4. The zero-order chi connectivity index (χ0) is 17.2. The molecule has 8 heteroatoms. The van der Waals surface area contributed by atoms with Crippen LogP contribution in [0.15, 0.2) is 24.3 Å². The molecule has 0 fully saturated rings. The summed E-state index contributed by atoms with van der Waals surface area (Å²) in [6.45, 7) is 0.469. The van der Waals surface area contributed by atoms with Gasteiger partial charge in [0.05, 0.1) is 17.7 Å². The van der Waals surface area contributed by atoms with Gasteiger partial charge in [-0.2, -0.15) is 0 Å². The minimum absolute atomic E-state index is 0.118. The maximum absolute atomic E-state index is 12.1. The number of nitrogens with one attached hydrogen (secondary N) is 1. The predicted octanol–water partition coefficient (Wildman–Crippen LogP) is -0.376. The fourth-order valence-electron chi connectivity index (χ4n) is 2.09. The van der Waals surface area contributed by atoms with Gasteiger partial charge in [-0.05, 0) is 19.1 Å². The molecular formula is C15H16N2O6. The highest BCUT2D eigenvalue weighted by Gasteiger charge is 2.35. The van der Waals surface area contributed by atoms with Gasteiger partial charge in [-0.1, -0.05) is 12.1 Å². The van der Waals surface area contributed by atoms with Gasteiger partial charge in [0.15, 0.2) is 5.60 Å². The average Bonchev–Trinajstić information content (AvgIpc) is 2.75. The van der Waals surface area contributed by atoms with Gasteiger partial charge < -0.3 is 15.5 Å². The molecule has 3 N–H and O–H groups in total. The van der Waals surface area contributed by atoms with Gasteiger partial charge in [0.1, 0.15) is 0 Å². The van der Waals surface area contributed by atoms with E-state index in [-0.39, 0.29) is 13.0 Å². The Kier molecular flexibility index (Phi) is 4.46. The van der Waals surface area contributed by atoms with Gasteiger partial charge in [0.2, 0.25) is 5.91 Å². The second-order valence-corrected chi connectivity index (χ2v) is 5.41. The van der Waals surface area contributed by atoms with E-state index in [0.29, 0.717) is 11.1 Å². The number of rotatable bonds is 6. The van der Waals surface area contributed by atoms with Crippen LogP contribution < -0.4 is 5.32 Å². The summed E-state index contributed by atoms with van der Waals surface area (Å²) in [6, 6.07) is 6.38. The van der Waals surface area contributed by atoms with Gasteiger partial charge in [0, 0.05) is 13.0 Å². The topological polar surface area (TPSA) is 124 Å². The first-order valence-electron chi connectivity index (χ1n) is 6.92. The van der Waals surface area contributed by atoms with E-state index in [2.05, 4.69) is 5.32 Å². The average molecular weight is 320 g/mol. The van der Waals surface area contributed by atoms with E-state index in [1.54, 1.807) is 24.3 Å². The summed E-state index contributed by atoms with van der Waals surface area (Å²) in [5.41, 5.74) is -1.48. The van der Waals surface area contributed by atoms with Crippen LogP contribution in [-0.4, -0.2) is 57.5 Å². The van der Waals surface area contributed by atoms with Crippen LogP contribution in [0, 0.1) is 0 Å². The minimum Gasteiger partial charge on any atom is -0.479 e. The Hall–Kier alpha value is -2.74. The molecule has 8 nitrogen and oxygen atoms in total. The molecular weight excluding hydrogens is 304 g/mol. The highest BCUT2D eigenvalue weighted by Crippen LogP contribution is 2.22. The number of amides is 3. The normalized spacial score (nSPS) is 16.0. The lowest BCUT2D eigenvalue weighted by molar-refractivity contribution is -0.156. The summed E-state index contributed by atoms with van der Waals surface area (Å²) in [6.07, 6.45) is -0.179. The number of aliphatic hydroxyl groups is 1. The maximum Gasteiger partial charge on any atom is 0.337 e. The Labute approximate surface area is 131 Å². The molecule has 0 aromatic heterocycles. The molecule has 0 radical (unpaired) electrons. The lowest BCUT2D eigenvalue weighted by Gasteiger charge is -2.19. The Morgan fingerprint density at radius 3 is 2.17 bits per heavy atom. The van der Waals surface area contributed by atoms with Crippen molar-refractivity contribution in [3.8, 4) is 0 Å². The molecule has 122 valence electrons. The molecule has 1 aromatic carbocycles. The number of carboxylic acids is 1. The van der Waals surface area contributed by atoms with Gasteiger partial charge >= 0.3 is 5.97 Å². The van der Waals surface area contributed by atoms with Crippen LogP contribution in [0.4, 0.5) is 0 Å². The SMILES string of the molecule is CC(O)(CNC(=O)CCN1C(=O)c2ccccc2C1=O)C(=O)O. The van der Waals surface area contributed by atoms with Crippen molar-refractivity contribution in [2.24, 2.45) is 0 Å². The third-order valence-electron chi connectivity index (χ3n) is 3.53. The van der Waals surface area contributed by atoms with E-state index in [1.807, 2.05) is 0 Å². The van der Waals surface area contributed by atoms with Crippen LogP contribution >= 0.6 is 0 Å². The van der Waals surface area contributed by atoms with Crippen molar-refractivity contribution in [3.05, 3.63) is 35.4 Å². The lowest BCUT2D eigenvalue weighted by Crippen LogP contribution is -2.47. The number of carboxylic acid groups (broad SMARTS) is 1. The fraction of sp³-hybridized carbons (Fsp3) is 0.333. The standard InChI is InChI=1S/C15H16N2O6/c1-15(23,14(21)22)8-16-11(18)6-7-17-12(19)9-4-2-3-5-10(9)13(17)20/h2-5,23H,6-8H2,1H3,(H,16,18)(H,21,22). The van der Waals surface area contributed by atoms with Gasteiger partial charge in [-0.25, -0.2) is 4.79 Å². The molecule has 0 saturated carbocycles. The van der Waals surface area contributed by atoms with Crippen molar-refractivity contribution in [2.75, 3.05) is 13.1 Å². The van der Waals surface area contributed by atoms with Crippen molar-refractivity contribution in [1.82, 2.24) is 10.2 Å². The highest BCUT2D eigenvalue weighted by molar-refractivity contribution is 6.21. The summed E-state index contributed by atoms with van der Waals surface area (Å²) in [7, 11) is 0. The number of hydrogen-bond acceptors (Lipinski definition) is 5. The molecule has 0 spiro atoms. The molecule has 0 bridgehead atoms. The lowest BCUT2D eigenvalue weighted by atomic mass is 10.1. The number of hydrogen-bond donors (Lipinski definition) is 3. The number of nitrogens with zero attached hydrogens (tertiary/aromatic N) is 1. The van der Waals surface area contributed by atoms with Gasteiger partial charge in [-0.3, -0.25) is 19.3 Å². The van der Waals surface area contributed by atoms with E-state index >= 15 is 0 Å². The van der Waals surface area contributed by atoms with Crippen molar-refractivity contribution >= 4 is 23.7 Å². The zero-order valence-corrected chi connectivity index (χ0v) is 12.4. The van der Waals surface area contributed by atoms with Crippen LogP contribution in [0.2, 0.25) is 0 Å². The first kappa shape index (κ1) is 16.6. The molecule has 1 unspecified atom stereocenters. The van der Waals surface area contributed by atoms with Gasteiger partial charge in [-0.15, -0.1) is 0 Å². The Balaban J connectivity index is 1.90. The van der Waals surface area contributed by atoms with Crippen LogP contribution in [0.3, 0.4) is 0 Å². The van der Waals surface area contributed by atoms with Gasteiger partial charge in [0.25, 0.3) is 11.8 Å². The summed E-state index contributed by atoms with van der Waals surface area (Å²) in [5.74, 6) is -2.95. The number of carbonyl (C=O) groups excluding carboxylic acids is 3. The van der Waals surface area contributed by atoms with Crippen molar-refractivity contribution < 1.29 is 29.4 Å². The number of benzene rings is 1. The first-order chi connectivity index (χ1) is 10.7. The molecule has 3 amide bonds. The third kappa shape index (κ3) is 3.37. The molecule has 0 aliphatic carbocycles. The third-order valence-corrected chi connectivity index (χ3v) is 3.53. The van der Waals surface area contributed by atoms with Crippen molar-refractivity contribution in [2.45, 2.75) is 18.9 Å². The summed E-state index contributed by atoms with van der Waals surface area (Å²) >= 11 is 0. The van der Waals surface area contributed by atoms with Crippen LogP contribution in [0.5, 0.6) is 0 Å². The number of fused-ring (bicyclic) bond motifs is 1. The second-order valence-electron chi connectivity index (χ2n) is 5.41. The van der Waals surface area contributed by atoms with Crippen molar-refractivity contribution in [3.63, 3.8) is 0 Å². The van der Waals surface area contributed by atoms with E-state index in [4.69, 9.17) is 5.11 Å². The Morgan fingerprint density at radius 2 is 1.70 bits per heavy atom. The quantitative estimate of drug-likeness (QED) is 0.614. The fourth-order valence-corrected chi connectivity index (χ4v) is 2.09. The van der Waals surface area contributed by atoms with Crippen LogP contribution in [0.1, 0.15) is 34.1 Å². The predicted molar refractivity (Wildman–Crippen MR) is 77.7 cm³/mol. The van der Waals surface area contributed by atoms with Crippen molar-refractivity contribution in [1.29, 1.82) is 0 Å². The molecule has 1 aliphatic heterocycles. The number of carbonyl (C=O) groups is 4. The summed E-state index contributed by atoms with van der Waals surface area (Å²) < 4.78 is 0. The van der Waals surface area contributed by atoms with E-state index in [1.165, 1.54) is 0 Å². The maximum atomic E-state index is 12.1. The summed E-state index contributed by atoms with van der Waals surface area (Å²) in [5, 5.41) is 20.5. The zero-order valence-electron chi connectivity index (χ0n) is 12.4. The number of imide groups is 1. The van der Waals surface area contributed by atoms with Crippen LogP contribution in [0.25, 0.3) is 0 Å². The minimum atomic E-state index is -2.08. The van der Waals surface area contributed by atoms with E-state index < -0.39 is 35.8 Å². The van der Waals surface area contributed by atoms with Crippen LogP contribution in [-0.2, 0) is 9.59 Å². The molecule has 1 aromatic rings. The molecule has 2 rings (SSSR count). The second kappa shape index (κ2) is 6.17. The smallest absolute Gasteiger partial charge is 0.337 e. The van der Waals surface area contributed by atoms with E-state index in [9.17, 15) is 24.3 Å². The molecule has 1 atom stereocenters. The van der Waals surface area contributed by atoms with E-state index in [0.717, 1.165) is 11.8 Å². The molecule has 1 aliphatic rings. The molecule has 0 saturated heterocycles. The largest absolute Gasteiger partial charge is 0.479 e. The molecule has 1 heterocycles. The Morgan fingerprint density at radius 1 is 1.17 bits per heavy atom. The number of aliphatic carboxylic acids is 1.